The van der Waals surface area contributed by atoms with Gasteiger partial charge in [-0.3, -0.25) is 0 Å². The summed E-state index contributed by atoms with van der Waals surface area (Å²) in [5.41, 5.74) is 0. The molecule has 0 aromatic carbocycles. The van der Waals surface area contributed by atoms with Crippen LogP contribution in [0.5, 0.6) is 11.5 Å². The molecule has 0 N–H and O–H groups in total. The van der Waals surface area contributed by atoms with Crippen molar-refractivity contribution in [2.24, 2.45) is 0 Å². The first kappa shape index (κ1) is 18.6. The number of carbonyl (C=O) groups excluding carboxylic acids is 1. The number of hydrogen-bond donors (Lipinski definition) is 0. The molecule has 0 radical (unpaired) electrons. The van der Waals surface area contributed by atoms with Crippen LogP contribution in [0.3, 0.4) is 0 Å². The Labute approximate surface area is 134 Å². The molecule has 1 aliphatic heterocycles. The lowest BCUT2D eigenvalue weighted by Crippen LogP contribution is -2.51. The lowest BCUT2D eigenvalue weighted by atomic mass is 10.1. The van der Waals surface area contributed by atoms with E-state index in [1.54, 1.807) is 5.38 Å². The quantitative estimate of drug-likeness (QED) is 0.576. The standard InChI is InChI=1S/C12H9F7O4S/c13-10(14,5-11(15,16)17)12(18,19)9(20)22-2-6-1-21-7-3-24-4-8(7)23-6/h3-4,6H,1-2,5H2. The topological polar surface area (TPSA) is 44.8 Å². The molecule has 1 aromatic heterocycles. The highest BCUT2D eigenvalue weighted by Crippen LogP contribution is 2.43. The smallest absolute Gasteiger partial charge is 0.404 e. The van der Waals surface area contributed by atoms with Gasteiger partial charge in [0, 0.05) is 10.8 Å². The molecule has 0 bridgehead atoms. The fourth-order valence-corrected chi connectivity index (χ4v) is 2.39. The molecular weight excluding hydrogens is 373 g/mol. The van der Waals surface area contributed by atoms with E-state index in [4.69, 9.17) is 9.47 Å². The van der Waals surface area contributed by atoms with Crippen LogP contribution in [0.25, 0.3) is 0 Å². The minimum Gasteiger partial charge on any atom is -0.485 e. The van der Waals surface area contributed by atoms with Gasteiger partial charge in [-0.25, -0.2) is 4.79 Å². The Morgan fingerprint density at radius 3 is 2.42 bits per heavy atom. The van der Waals surface area contributed by atoms with Crippen molar-refractivity contribution in [1.29, 1.82) is 0 Å². The van der Waals surface area contributed by atoms with Crippen LogP contribution in [0.1, 0.15) is 6.42 Å². The molecule has 2 rings (SSSR count). The van der Waals surface area contributed by atoms with Crippen LogP contribution in [0.15, 0.2) is 10.8 Å². The Kier molecular flexibility index (Phi) is 4.88. The van der Waals surface area contributed by atoms with Crippen molar-refractivity contribution in [3.63, 3.8) is 0 Å². The summed E-state index contributed by atoms with van der Waals surface area (Å²) in [6.07, 6.45) is -9.78. The van der Waals surface area contributed by atoms with E-state index in [-0.39, 0.29) is 12.4 Å². The molecule has 0 aliphatic carbocycles. The van der Waals surface area contributed by atoms with Gasteiger partial charge in [0.05, 0.1) is 0 Å². The molecule has 0 spiro atoms. The number of fused-ring (bicyclic) bond motifs is 1. The zero-order valence-electron chi connectivity index (χ0n) is 11.5. The largest absolute Gasteiger partial charge is 0.485 e. The van der Waals surface area contributed by atoms with Crippen molar-refractivity contribution in [2.45, 2.75) is 30.5 Å². The van der Waals surface area contributed by atoms with Crippen LogP contribution in [0, 0.1) is 0 Å². The van der Waals surface area contributed by atoms with Crippen molar-refractivity contribution in [3.05, 3.63) is 10.8 Å². The first-order valence-electron chi connectivity index (χ1n) is 6.27. The van der Waals surface area contributed by atoms with Crippen LogP contribution in [0.2, 0.25) is 0 Å². The predicted octanol–water partition coefficient (Wildman–Crippen LogP) is 3.65. The van der Waals surface area contributed by atoms with Gasteiger partial charge in [0.2, 0.25) is 0 Å². The summed E-state index contributed by atoms with van der Waals surface area (Å²) in [5, 5.41) is 3.10. The van der Waals surface area contributed by atoms with Crippen LogP contribution >= 0.6 is 11.3 Å². The molecule has 0 saturated heterocycles. The zero-order valence-corrected chi connectivity index (χ0v) is 12.4. The van der Waals surface area contributed by atoms with Crippen molar-refractivity contribution < 1.29 is 49.7 Å². The molecule has 1 atom stereocenters. The highest BCUT2D eigenvalue weighted by atomic mass is 32.1. The van der Waals surface area contributed by atoms with Gasteiger partial charge in [-0.2, -0.15) is 30.7 Å². The number of carbonyl (C=O) groups is 1. The van der Waals surface area contributed by atoms with Crippen LogP contribution in [-0.4, -0.2) is 43.3 Å². The summed E-state index contributed by atoms with van der Waals surface area (Å²) in [6.45, 7) is -1.09. The summed E-state index contributed by atoms with van der Waals surface area (Å²) in [5.74, 6) is -13.4. The van der Waals surface area contributed by atoms with Gasteiger partial charge in [-0.05, 0) is 0 Å². The van der Waals surface area contributed by atoms with E-state index in [0.29, 0.717) is 5.75 Å². The molecular formula is C12H9F7O4S. The van der Waals surface area contributed by atoms with Crippen molar-refractivity contribution in [3.8, 4) is 11.5 Å². The van der Waals surface area contributed by atoms with E-state index in [2.05, 4.69) is 4.74 Å². The van der Waals surface area contributed by atoms with E-state index in [1.165, 1.54) is 16.7 Å². The molecule has 136 valence electrons. The maximum absolute atomic E-state index is 13.3. The Bertz CT molecular complexity index is 598. The molecule has 12 heteroatoms. The minimum atomic E-state index is -5.63. The van der Waals surface area contributed by atoms with E-state index < -0.39 is 43.1 Å². The van der Waals surface area contributed by atoms with Gasteiger partial charge in [0.25, 0.3) is 0 Å². The summed E-state index contributed by atoms with van der Waals surface area (Å²) in [4.78, 5) is 11.1. The third-order valence-corrected chi connectivity index (χ3v) is 3.55. The summed E-state index contributed by atoms with van der Waals surface area (Å²) >= 11 is 1.21. The normalized spacial score (nSPS) is 18.4. The molecule has 0 amide bonds. The molecule has 4 nitrogen and oxygen atoms in total. The maximum Gasteiger partial charge on any atom is 0.404 e. The molecule has 1 aromatic rings. The Morgan fingerprint density at radius 1 is 1.17 bits per heavy atom. The molecule has 0 fully saturated rings. The second-order valence-corrected chi connectivity index (χ2v) is 5.56. The Morgan fingerprint density at radius 2 is 1.79 bits per heavy atom. The Hall–Kier alpha value is -1.72. The van der Waals surface area contributed by atoms with Crippen LogP contribution in [-0.2, 0) is 9.53 Å². The van der Waals surface area contributed by atoms with Gasteiger partial charge in [0.15, 0.2) is 17.6 Å². The van der Waals surface area contributed by atoms with Crippen LogP contribution in [0.4, 0.5) is 30.7 Å². The number of alkyl halides is 7. The summed E-state index contributed by atoms with van der Waals surface area (Å²) in [7, 11) is 0. The molecule has 1 unspecified atom stereocenters. The molecule has 0 saturated carbocycles. The van der Waals surface area contributed by atoms with Crippen LogP contribution < -0.4 is 9.47 Å². The number of ether oxygens (including phenoxy) is 3. The first-order valence-corrected chi connectivity index (χ1v) is 7.22. The number of halogens is 7. The predicted molar refractivity (Wildman–Crippen MR) is 65.8 cm³/mol. The fourth-order valence-electron chi connectivity index (χ4n) is 1.71. The average Bonchev–Trinajstić information content (AvgIpc) is 2.89. The number of hydrogen-bond acceptors (Lipinski definition) is 5. The number of thiophene rings is 1. The number of esters is 1. The lowest BCUT2D eigenvalue weighted by molar-refractivity contribution is -0.265. The van der Waals surface area contributed by atoms with Gasteiger partial charge < -0.3 is 14.2 Å². The van der Waals surface area contributed by atoms with E-state index in [0.717, 1.165) is 0 Å². The third-order valence-electron chi connectivity index (χ3n) is 2.85. The van der Waals surface area contributed by atoms with E-state index >= 15 is 0 Å². The second kappa shape index (κ2) is 6.30. The minimum absolute atomic E-state index is 0.207. The van der Waals surface area contributed by atoms with Crippen molar-refractivity contribution >= 4 is 17.3 Å². The molecule has 1 aliphatic rings. The summed E-state index contributed by atoms with van der Waals surface area (Å²) in [6, 6.07) is 0. The zero-order chi connectivity index (χ0) is 18.2. The maximum atomic E-state index is 13.3. The molecule has 24 heavy (non-hydrogen) atoms. The van der Waals surface area contributed by atoms with E-state index in [9.17, 15) is 35.5 Å². The third kappa shape index (κ3) is 4.02. The molecule has 2 heterocycles. The van der Waals surface area contributed by atoms with Crippen molar-refractivity contribution in [2.75, 3.05) is 13.2 Å². The van der Waals surface area contributed by atoms with Crippen molar-refractivity contribution in [1.82, 2.24) is 0 Å². The van der Waals surface area contributed by atoms with Gasteiger partial charge in [-0.1, -0.05) is 0 Å². The highest BCUT2D eigenvalue weighted by Gasteiger charge is 2.66. The van der Waals surface area contributed by atoms with Gasteiger partial charge >= 0.3 is 24.0 Å². The SMILES string of the molecule is O=C(OCC1COc2cscc2O1)C(F)(F)C(F)(F)CC(F)(F)F. The van der Waals surface area contributed by atoms with Gasteiger partial charge in [-0.15, -0.1) is 11.3 Å². The monoisotopic (exact) mass is 382 g/mol. The first-order chi connectivity index (χ1) is 10.9. The summed E-state index contributed by atoms with van der Waals surface area (Å²) < 4.78 is 103. The Balaban J connectivity index is 1.94. The van der Waals surface area contributed by atoms with Gasteiger partial charge in [0.1, 0.15) is 19.6 Å². The fraction of sp³-hybridized carbons (Fsp3) is 0.583. The lowest BCUT2D eigenvalue weighted by Gasteiger charge is -2.27. The average molecular weight is 382 g/mol. The van der Waals surface area contributed by atoms with E-state index in [1.807, 2.05) is 0 Å². The second-order valence-electron chi connectivity index (χ2n) is 4.82. The number of rotatable bonds is 5. The highest BCUT2D eigenvalue weighted by molar-refractivity contribution is 7.08.